The number of carbonyl (C=O) groups excluding carboxylic acids is 1. The number of halogens is 3. The molecular formula is C21H18F3N5O4. The molecule has 172 valence electrons. The molecule has 2 aliphatic rings. The first kappa shape index (κ1) is 21.2. The van der Waals surface area contributed by atoms with Crippen molar-refractivity contribution in [2.45, 2.75) is 12.7 Å². The number of fused-ring (bicyclic) bond motifs is 5. The number of ether oxygens (including phenoxy) is 3. The summed E-state index contributed by atoms with van der Waals surface area (Å²) in [6.07, 6.45) is -3.07. The highest BCUT2D eigenvalue weighted by Gasteiger charge is 2.35. The predicted molar refractivity (Wildman–Crippen MR) is 110 cm³/mol. The van der Waals surface area contributed by atoms with Crippen molar-refractivity contribution in [2.24, 2.45) is 0 Å². The number of anilines is 2. The van der Waals surface area contributed by atoms with Crippen LogP contribution < -0.4 is 19.7 Å². The Morgan fingerprint density at radius 1 is 1.09 bits per heavy atom. The zero-order valence-corrected chi connectivity index (χ0v) is 17.2. The molecule has 1 fully saturated rings. The topological polar surface area (TPSA) is 98.7 Å². The van der Waals surface area contributed by atoms with E-state index in [1.54, 1.807) is 12.1 Å². The average molecular weight is 461 g/mol. The summed E-state index contributed by atoms with van der Waals surface area (Å²) in [6.45, 7) is 0.550. The Morgan fingerprint density at radius 2 is 1.94 bits per heavy atom. The largest absolute Gasteiger partial charge is 0.489 e. The van der Waals surface area contributed by atoms with Gasteiger partial charge in [-0.2, -0.15) is 23.1 Å². The van der Waals surface area contributed by atoms with Gasteiger partial charge < -0.3 is 19.5 Å². The number of para-hydroxylation sites is 1. The molecular weight excluding hydrogens is 443 g/mol. The molecule has 0 unspecified atom stereocenters. The molecule has 0 atom stereocenters. The molecule has 1 N–H and O–H groups in total. The van der Waals surface area contributed by atoms with Gasteiger partial charge >= 0.3 is 12.2 Å². The van der Waals surface area contributed by atoms with Gasteiger partial charge in [0, 0.05) is 17.5 Å². The highest BCUT2D eigenvalue weighted by molar-refractivity contribution is 5.97. The van der Waals surface area contributed by atoms with E-state index in [1.165, 1.54) is 17.2 Å². The smallest absolute Gasteiger partial charge is 0.419 e. The Bertz CT molecular complexity index is 1220. The van der Waals surface area contributed by atoms with Gasteiger partial charge in [-0.1, -0.05) is 12.1 Å². The van der Waals surface area contributed by atoms with Gasteiger partial charge in [0.25, 0.3) is 5.91 Å². The summed E-state index contributed by atoms with van der Waals surface area (Å²) in [5, 5.41) is 3.61. The fourth-order valence-electron chi connectivity index (χ4n) is 3.68. The third kappa shape index (κ3) is 4.21. The lowest BCUT2D eigenvalue weighted by atomic mass is 10.1. The molecule has 12 heteroatoms. The maximum Gasteiger partial charge on any atom is 0.419 e. The number of amides is 1. The molecule has 5 rings (SSSR count). The van der Waals surface area contributed by atoms with Crippen molar-refractivity contribution in [1.29, 1.82) is 0 Å². The molecule has 2 aliphatic heterocycles. The minimum Gasteiger partial charge on any atom is -0.489 e. The molecule has 0 aliphatic carbocycles. The molecule has 0 saturated carbocycles. The van der Waals surface area contributed by atoms with Crippen LogP contribution >= 0.6 is 0 Å². The molecule has 3 aromatic rings. The van der Waals surface area contributed by atoms with E-state index in [4.69, 9.17) is 14.2 Å². The van der Waals surface area contributed by atoms with Crippen LogP contribution in [0.1, 0.15) is 11.1 Å². The first-order valence-electron chi connectivity index (χ1n) is 10.1. The van der Waals surface area contributed by atoms with E-state index >= 15 is 0 Å². The Hall–Kier alpha value is -3.67. The zero-order valence-electron chi connectivity index (χ0n) is 17.2. The fraction of sp³-hybridized carbons (Fsp3) is 0.333. The third-order valence-electron chi connectivity index (χ3n) is 5.22. The predicted octanol–water partition coefficient (Wildman–Crippen LogP) is 2.79. The van der Waals surface area contributed by atoms with Crippen LogP contribution in [0.5, 0.6) is 11.8 Å². The number of pyridine rings is 1. The van der Waals surface area contributed by atoms with Crippen LogP contribution in [0.4, 0.5) is 24.8 Å². The van der Waals surface area contributed by atoms with E-state index in [0.29, 0.717) is 41.3 Å². The van der Waals surface area contributed by atoms with Crippen molar-refractivity contribution in [3.63, 3.8) is 0 Å². The van der Waals surface area contributed by atoms with Crippen LogP contribution in [0, 0.1) is 0 Å². The Labute approximate surface area is 185 Å². The van der Waals surface area contributed by atoms with Gasteiger partial charge in [-0.15, -0.1) is 0 Å². The number of nitrogens with zero attached hydrogens (tertiary/aromatic N) is 4. The van der Waals surface area contributed by atoms with Crippen LogP contribution in [0.2, 0.25) is 0 Å². The normalized spacial score (nSPS) is 16.8. The summed E-state index contributed by atoms with van der Waals surface area (Å²) in [5.74, 6) is 0.267. The van der Waals surface area contributed by atoms with Crippen molar-refractivity contribution < 1.29 is 32.2 Å². The van der Waals surface area contributed by atoms with Crippen molar-refractivity contribution in [2.75, 3.05) is 43.2 Å². The summed E-state index contributed by atoms with van der Waals surface area (Å²) in [4.78, 5) is 26.7. The van der Waals surface area contributed by atoms with E-state index in [1.807, 2.05) is 0 Å². The molecule has 2 bridgehead atoms. The fourth-order valence-corrected chi connectivity index (χ4v) is 3.68. The SMILES string of the molecule is O=C1COCCN1c1cc2c3nc(nc2cn1)OCCOc1c(cccc1C(F)(F)F)CN3. The summed E-state index contributed by atoms with van der Waals surface area (Å²) in [7, 11) is 0. The van der Waals surface area contributed by atoms with Crippen molar-refractivity contribution in [3.8, 4) is 11.8 Å². The van der Waals surface area contributed by atoms with Crippen molar-refractivity contribution >= 4 is 28.4 Å². The number of aromatic nitrogens is 3. The molecule has 1 saturated heterocycles. The van der Waals surface area contributed by atoms with Gasteiger partial charge in [0.1, 0.15) is 37.2 Å². The number of morpholine rings is 1. The lowest BCUT2D eigenvalue weighted by molar-refractivity contribution is -0.139. The van der Waals surface area contributed by atoms with Gasteiger partial charge in [-0.25, -0.2) is 4.98 Å². The highest BCUT2D eigenvalue weighted by atomic mass is 19.4. The minimum absolute atomic E-state index is 0.0128. The van der Waals surface area contributed by atoms with Gasteiger partial charge in [0.05, 0.1) is 30.4 Å². The summed E-state index contributed by atoms with van der Waals surface area (Å²) in [6, 6.07) is 5.56. The standard InChI is InChI=1S/C21H18F3N5O4/c22-21(23,24)14-3-1-2-12-9-26-19-13-8-16(29-4-5-31-11-17(29)30)25-10-15(13)27-20(28-19)33-7-6-32-18(12)14/h1-3,8,10H,4-7,9,11H2,(H,26,27,28). The van der Waals surface area contributed by atoms with Crippen LogP contribution in [0.3, 0.4) is 0 Å². The molecule has 2 aromatic heterocycles. The minimum atomic E-state index is -4.57. The molecule has 0 radical (unpaired) electrons. The lowest BCUT2D eigenvalue weighted by Gasteiger charge is -2.26. The second-order valence-electron chi connectivity index (χ2n) is 7.35. The Morgan fingerprint density at radius 3 is 2.76 bits per heavy atom. The highest BCUT2D eigenvalue weighted by Crippen LogP contribution is 2.39. The van der Waals surface area contributed by atoms with E-state index in [9.17, 15) is 18.0 Å². The number of nitrogens with one attached hydrogen (secondary N) is 1. The number of rotatable bonds is 1. The quantitative estimate of drug-likeness (QED) is 0.591. The lowest BCUT2D eigenvalue weighted by Crippen LogP contribution is -2.42. The molecule has 1 aromatic carbocycles. The van der Waals surface area contributed by atoms with E-state index < -0.39 is 11.7 Å². The summed E-state index contributed by atoms with van der Waals surface area (Å²) < 4.78 is 56.7. The Balaban J connectivity index is 1.55. The summed E-state index contributed by atoms with van der Waals surface area (Å²) >= 11 is 0. The number of benzene rings is 1. The van der Waals surface area contributed by atoms with Crippen LogP contribution in [0.25, 0.3) is 10.9 Å². The molecule has 4 heterocycles. The molecule has 1 amide bonds. The van der Waals surface area contributed by atoms with Gasteiger partial charge in [-0.3, -0.25) is 9.69 Å². The molecule has 0 spiro atoms. The molecule has 9 nitrogen and oxygen atoms in total. The van der Waals surface area contributed by atoms with Crippen LogP contribution in [0.15, 0.2) is 30.5 Å². The number of alkyl halides is 3. The maximum atomic E-state index is 13.5. The second kappa shape index (κ2) is 8.35. The van der Waals surface area contributed by atoms with Gasteiger partial charge in [-0.05, 0) is 12.1 Å². The second-order valence-corrected chi connectivity index (χ2v) is 7.35. The number of hydrogen-bond donors (Lipinski definition) is 1. The Kier molecular flexibility index (Phi) is 5.36. The average Bonchev–Trinajstić information content (AvgIpc) is 2.82. The van der Waals surface area contributed by atoms with Gasteiger partial charge in [0.2, 0.25) is 0 Å². The van der Waals surface area contributed by atoms with E-state index in [2.05, 4.69) is 20.3 Å². The van der Waals surface area contributed by atoms with E-state index in [-0.39, 0.29) is 44.0 Å². The first-order valence-corrected chi connectivity index (χ1v) is 10.1. The maximum absolute atomic E-state index is 13.5. The van der Waals surface area contributed by atoms with Crippen molar-refractivity contribution in [3.05, 3.63) is 41.6 Å². The number of carbonyl (C=O) groups is 1. The number of hydrogen-bond acceptors (Lipinski definition) is 8. The summed E-state index contributed by atoms with van der Waals surface area (Å²) in [5.41, 5.74) is -0.0879. The van der Waals surface area contributed by atoms with Crippen molar-refractivity contribution in [1.82, 2.24) is 15.0 Å². The van der Waals surface area contributed by atoms with Gasteiger partial charge in [0.15, 0.2) is 0 Å². The monoisotopic (exact) mass is 461 g/mol. The first-order chi connectivity index (χ1) is 15.9. The molecule has 33 heavy (non-hydrogen) atoms. The zero-order chi connectivity index (χ0) is 23.0. The van der Waals surface area contributed by atoms with Crippen LogP contribution in [-0.2, 0) is 22.3 Å². The third-order valence-corrected chi connectivity index (χ3v) is 5.22. The van der Waals surface area contributed by atoms with Crippen LogP contribution in [-0.4, -0.2) is 53.8 Å². The van der Waals surface area contributed by atoms with E-state index in [0.717, 1.165) is 6.07 Å².